The van der Waals surface area contributed by atoms with Crippen LogP contribution in [0.25, 0.3) is 0 Å². The van der Waals surface area contributed by atoms with E-state index < -0.39 is 34.1 Å². The molecule has 4 aromatic rings. The Morgan fingerprint density at radius 2 is 1.47 bits per heavy atom. The van der Waals surface area contributed by atoms with Crippen molar-refractivity contribution in [3.05, 3.63) is 124 Å². The summed E-state index contributed by atoms with van der Waals surface area (Å²) in [7, 11) is -4.33. The van der Waals surface area contributed by atoms with Gasteiger partial charge >= 0.3 is 0 Å². The Kier molecular flexibility index (Phi) is 12.0. The second-order valence-corrected chi connectivity index (χ2v) is 14.7. The van der Waals surface area contributed by atoms with Gasteiger partial charge in [-0.1, -0.05) is 77.8 Å². The fourth-order valence-corrected chi connectivity index (χ4v) is 6.79. The molecule has 248 valence electrons. The fourth-order valence-electron chi connectivity index (χ4n) is 5.03. The van der Waals surface area contributed by atoms with Gasteiger partial charge in [0.15, 0.2) is 0 Å². The highest BCUT2D eigenvalue weighted by molar-refractivity contribution is 7.92. The minimum absolute atomic E-state index is 0.00358. The highest BCUT2D eigenvalue weighted by atomic mass is 35.5. The molecular formula is C36H39Cl2N3O5S. The lowest BCUT2D eigenvalue weighted by atomic mass is 10.0. The first-order chi connectivity index (χ1) is 22.3. The predicted octanol–water partition coefficient (Wildman–Crippen LogP) is 7.14. The summed E-state index contributed by atoms with van der Waals surface area (Å²) in [5, 5.41) is 3.85. The average molecular weight is 697 g/mol. The van der Waals surface area contributed by atoms with E-state index in [2.05, 4.69) is 5.32 Å². The van der Waals surface area contributed by atoms with Gasteiger partial charge in [-0.05, 0) is 87.4 Å². The van der Waals surface area contributed by atoms with Crippen LogP contribution in [0.4, 0.5) is 5.69 Å². The SMILES string of the molecule is CCOc1ccccc1N(CC(=O)N(Cc1cccc(Cl)c1)C(Cc1ccccc1)C(=O)NC(C)(C)C)S(=O)(=O)c1ccc(Cl)cc1. The summed E-state index contributed by atoms with van der Waals surface area (Å²) in [6.07, 6.45) is 0.189. The Hall–Kier alpha value is -4.05. The summed E-state index contributed by atoms with van der Waals surface area (Å²) in [4.78, 5) is 30.0. The third-order valence-electron chi connectivity index (χ3n) is 7.13. The number of rotatable bonds is 13. The maximum absolute atomic E-state index is 14.7. The topological polar surface area (TPSA) is 96.0 Å². The first-order valence-corrected chi connectivity index (χ1v) is 17.4. The zero-order chi connectivity index (χ0) is 34.2. The zero-order valence-electron chi connectivity index (χ0n) is 26.8. The van der Waals surface area contributed by atoms with Gasteiger partial charge in [0, 0.05) is 28.5 Å². The average Bonchev–Trinajstić information content (AvgIpc) is 3.02. The molecule has 1 atom stereocenters. The normalized spacial score (nSPS) is 12.2. The van der Waals surface area contributed by atoms with Crippen LogP contribution in [0.3, 0.4) is 0 Å². The number of hydrogen-bond donors (Lipinski definition) is 1. The number of nitrogens with one attached hydrogen (secondary N) is 1. The Labute approximate surface area is 287 Å². The van der Waals surface area contributed by atoms with Crippen LogP contribution in [0, 0.1) is 0 Å². The molecule has 0 bridgehead atoms. The number of carbonyl (C=O) groups excluding carboxylic acids is 2. The molecule has 0 aliphatic rings. The molecule has 4 rings (SSSR count). The minimum Gasteiger partial charge on any atom is -0.492 e. The van der Waals surface area contributed by atoms with Crippen LogP contribution < -0.4 is 14.4 Å². The summed E-state index contributed by atoms with van der Waals surface area (Å²) in [5.74, 6) is -0.689. The van der Waals surface area contributed by atoms with E-state index in [1.807, 2.05) is 51.1 Å². The molecule has 4 aromatic carbocycles. The summed E-state index contributed by atoms with van der Waals surface area (Å²) in [6, 6.07) is 27.7. The minimum atomic E-state index is -4.33. The van der Waals surface area contributed by atoms with Crippen molar-refractivity contribution in [2.24, 2.45) is 0 Å². The molecule has 8 nitrogen and oxygen atoms in total. The number of para-hydroxylation sites is 2. The summed E-state index contributed by atoms with van der Waals surface area (Å²) >= 11 is 12.4. The molecule has 0 aliphatic heterocycles. The van der Waals surface area contributed by atoms with Gasteiger partial charge in [0.1, 0.15) is 18.3 Å². The molecule has 0 aliphatic carbocycles. The van der Waals surface area contributed by atoms with E-state index in [0.717, 1.165) is 9.87 Å². The molecule has 0 saturated heterocycles. The van der Waals surface area contributed by atoms with E-state index in [1.54, 1.807) is 55.5 Å². The molecule has 0 aromatic heterocycles. The number of anilines is 1. The van der Waals surface area contributed by atoms with Crippen molar-refractivity contribution in [2.75, 3.05) is 17.5 Å². The number of carbonyl (C=O) groups is 2. The second-order valence-electron chi connectivity index (χ2n) is 12.0. The number of ether oxygens (including phenoxy) is 1. The Morgan fingerprint density at radius 3 is 2.11 bits per heavy atom. The smallest absolute Gasteiger partial charge is 0.264 e. The monoisotopic (exact) mass is 695 g/mol. The standard InChI is InChI=1S/C36H39Cl2N3O5S/c1-5-46-33-17-10-9-16-31(33)41(47(44,45)30-20-18-28(37)19-21-30)25-34(42)40(24-27-14-11-15-29(38)22-27)32(35(43)39-36(2,3)4)23-26-12-7-6-8-13-26/h6-22,32H,5,23-25H2,1-4H3,(H,39,43). The second kappa shape index (κ2) is 15.7. The third kappa shape index (κ3) is 9.73. The maximum Gasteiger partial charge on any atom is 0.264 e. The van der Waals surface area contributed by atoms with Crippen molar-refractivity contribution >= 4 is 50.7 Å². The van der Waals surface area contributed by atoms with Crippen LogP contribution in [0.2, 0.25) is 10.0 Å². The summed E-state index contributed by atoms with van der Waals surface area (Å²) in [5.41, 5.74) is 1.09. The number of nitrogens with zero attached hydrogens (tertiary/aromatic N) is 2. The lowest BCUT2D eigenvalue weighted by Crippen LogP contribution is -2.56. The van der Waals surface area contributed by atoms with Gasteiger partial charge in [-0.3, -0.25) is 13.9 Å². The van der Waals surface area contributed by atoms with E-state index in [1.165, 1.54) is 29.2 Å². The van der Waals surface area contributed by atoms with Crippen LogP contribution in [0.5, 0.6) is 5.75 Å². The molecule has 1 N–H and O–H groups in total. The maximum atomic E-state index is 14.7. The molecule has 0 fully saturated rings. The van der Waals surface area contributed by atoms with Gasteiger partial charge in [0.05, 0.1) is 17.2 Å². The Balaban J connectivity index is 1.85. The molecule has 2 amide bonds. The van der Waals surface area contributed by atoms with E-state index in [4.69, 9.17) is 27.9 Å². The fraction of sp³-hybridized carbons (Fsp3) is 0.278. The van der Waals surface area contributed by atoms with Gasteiger partial charge in [-0.15, -0.1) is 0 Å². The quantitative estimate of drug-likeness (QED) is 0.160. The van der Waals surface area contributed by atoms with Crippen molar-refractivity contribution in [1.29, 1.82) is 0 Å². The third-order valence-corrected chi connectivity index (χ3v) is 9.39. The first-order valence-electron chi connectivity index (χ1n) is 15.2. The van der Waals surface area contributed by atoms with Gasteiger partial charge < -0.3 is 15.0 Å². The van der Waals surface area contributed by atoms with Gasteiger partial charge in [0.2, 0.25) is 11.8 Å². The number of halogens is 2. The first kappa shape index (κ1) is 35.8. The zero-order valence-corrected chi connectivity index (χ0v) is 29.1. The molecular weight excluding hydrogens is 657 g/mol. The van der Waals surface area contributed by atoms with Crippen LogP contribution in [0.1, 0.15) is 38.8 Å². The van der Waals surface area contributed by atoms with Crippen LogP contribution >= 0.6 is 23.2 Å². The molecule has 0 spiro atoms. The van der Waals surface area contributed by atoms with Crippen LogP contribution in [0.15, 0.2) is 108 Å². The van der Waals surface area contributed by atoms with Crippen molar-refractivity contribution in [2.45, 2.75) is 57.1 Å². The highest BCUT2D eigenvalue weighted by Gasteiger charge is 2.36. The molecule has 47 heavy (non-hydrogen) atoms. The summed E-state index contributed by atoms with van der Waals surface area (Å²) < 4.78 is 35.4. The van der Waals surface area contributed by atoms with E-state index in [9.17, 15) is 18.0 Å². The molecule has 0 saturated carbocycles. The van der Waals surface area contributed by atoms with Crippen molar-refractivity contribution in [3.63, 3.8) is 0 Å². The Bertz CT molecular complexity index is 1780. The number of amides is 2. The van der Waals surface area contributed by atoms with E-state index >= 15 is 0 Å². The lowest BCUT2D eigenvalue weighted by Gasteiger charge is -2.35. The molecule has 11 heteroatoms. The van der Waals surface area contributed by atoms with E-state index in [-0.39, 0.29) is 41.8 Å². The van der Waals surface area contributed by atoms with Gasteiger partial charge in [0.25, 0.3) is 10.0 Å². The number of sulfonamides is 1. The van der Waals surface area contributed by atoms with Gasteiger partial charge in [-0.2, -0.15) is 0 Å². The molecule has 1 unspecified atom stereocenters. The van der Waals surface area contributed by atoms with Gasteiger partial charge in [-0.25, -0.2) is 8.42 Å². The largest absolute Gasteiger partial charge is 0.492 e. The molecule has 0 radical (unpaired) electrons. The number of benzene rings is 4. The van der Waals surface area contributed by atoms with Crippen molar-refractivity contribution < 1.29 is 22.7 Å². The van der Waals surface area contributed by atoms with E-state index in [0.29, 0.717) is 15.6 Å². The highest BCUT2D eigenvalue weighted by Crippen LogP contribution is 2.33. The molecule has 0 heterocycles. The predicted molar refractivity (Wildman–Crippen MR) is 187 cm³/mol. The summed E-state index contributed by atoms with van der Waals surface area (Å²) in [6.45, 7) is 7.01. The van der Waals surface area contributed by atoms with Crippen LogP contribution in [-0.2, 0) is 32.6 Å². The van der Waals surface area contributed by atoms with Crippen molar-refractivity contribution in [1.82, 2.24) is 10.2 Å². The number of hydrogen-bond acceptors (Lipinski definition) is 5. The van der Waals surface area contributed by atoms with Crippen molar-refractivity contribution in [3.8, 4) is 5.75 Å². The lowest BCUT2D eigenvalue weighted by molar-refractivity contribution is -0.140. The van der Waals surface area contributed by atoms with Crippen LogP contribution in [-0.4, -0.2) is 49.9 Å². The Morgan fingerprint density at radius 1 is 0.830 bits per heavy atom.